The molecule has 2 N–H and O–H groups in total. The third kappa shape index (κ3) is 2.96. The van der Waals surface area contributed by atoms with Crippen molar-refractivity contribution in [3.63, 3.8) is 0 Å². The number of benzene rings is 1. The summed E-state index contributed by atoms with van der Waals surface area (Å²) in [6.07, 6.45) is 0.425. The minimum Gasteiger partial charge on any atom is -0.398 e. The summed E-state index contributed by atoms with van der Waals surface area (Å²) in [6, 6.07) is 6.95. The number of nitrogen functional groups attached to an aromatic ring is 1. The highest BCUT2D eigenvalue weighted by Crippen LogP contribution is 2.24. The molecule has 0 unspecified atom stereocenters. The van der Waals surface area contributed by atoms with Crippen LogP contribution in [0.4, 0.5) is 11.5 Å². The van der Waals surface area contributed by atoms with Gasteiger partial charge in [-0.05, 0) is 30.4 Å². The average molecular weight is 328 g/mol. The van der Waals surface area contributed by atoms with Crippen LogP contribution in [0.5, 0.6) is 0 Å². The van der Waals surface area contributed by atoms with Crippen LogP contribution < -0.4 is 5.73 Å². The molecule has 0 spiro atoms. The fraction of sp³-hybridized carbons (Fsp3) is 0.267. The number of hydrogen-bond donors (Lipinski definition) is 1. The lowest BCUT2D eigenvalue weighted by molar-refractivity contribution is -0.389. The summed E-state index contributed by atoms with van der Waals surface area (Å²) >= 11 is 0. The molecule has 0 saturated carbocycles. The Morgan fingerprint density at radius 3 is 2.88 bits per heavy atom. The maximum absolute atomic E-state index is 10.7. The number of nitrogens with two attached hydrogens (primary N) is 1. The zero-order valence-corrected chi connectivity index (χ0v) is 13.3. The molecule has 0 aliphatic rings. The van der Waals surface area contributed by atoms with Gasteiger partial charge in [-0.3, -0.25) is 0 Å². The van der Waals surface area contributed by atoms with Gasteiger partial charge in [0.1, 0.15) is 0 Å². The molecule has 9 heteroatoms. The first kappa shape index (κ1) is 15.7. The molecule has 1 aromatic carbocycles. The van der Waals surface area contributed by atoms with E-state index in [1.165, 1.54) is 6.07 Å². The van der Waals surface area contributed by atoms with Crippen molar-refractivity contribution in [2.24, 2.45) is 0 Å². The fourth-order valence-corrected chi connectivity index (χ4v) is 2.37. The molecule has 9 nitrogen and oxygen atoms in total. The van der Waals surface area contributed by atoms with Crippen LogP contribution in [0.3, 0.4) is 0 Å². The third-order valence-electron chi connectivity index (χ3n) is 3.78. The van der Waals surface area contributed by atoms with E-state index in [1.807, 2.05) is 25.1 Å². The first-order valence-electron chi connectivity index (χ1n) is 7.32. The standard InChI is InChI=1S/C15H16N6O3/c1-9-8-13(21(22)23)18-20(9)7-6-14-17-15(19-24-14)11-4-3-5-12(16)10(11)2/h3-5,8H,6-7,16H2,1-2H3. The Labute approximate surface area is 137 Å². The predicted molar refractivity (Wildman–Crippen MR) is 86.2 cm³/mol. The maximum atomic E-state index is 10.7. The second-order valence-corrected chi connectivity index (χ2v) is 5.41. The number of anilines is 1. The predicted octanol–water partition coefficient (Wildman–Crippen LogP) is 2.28. The average Bonchev–Trinajstić information content (AvgIpc) is 3.15. The normalized spacial score (nSPS) is 10.9. The Morgan fingerprint density at radius 2 is 2.17 bits per heavy atom. The molecule has 0 amide bonds. The van der Waals surface area contributed by atoms with Gasteiger partial charge < -0.3 is 20.4 Å². The number of rotatable bonds is 5. The smallest absolute Gasteiger partial charge is 0.390 e. The Hall–Kier alpha value is -3.23. The Balaban J connectivity index is 1.75. The van der Waals surface area contributed by atoms with E-state index in [0.717, 1.165) is 11.1 Å². The second-order valence-electron chi connectivity index (χ2n) is 5.41. The van der Waals surface area contributed by atoms with Gasteiger partial charge in [-0.2, -0.15) is 9.67 Å². The number of hydrogen-bond acceptors (Lipinski definition) is 7. The number of aryl methyl sites for hydroxylation is 3. The van der Waals surface area contributed by atoms with Crippen LogP contribution >= 0.6 is 0 Å². The van der Waals surface area contributed by atoms with Crippen molar-refractivity contribution in [3.8, 4) is 11.4 Å². The van der Waals surface area contributed by atoms with E-state index in [4.69, 9.17) is 10.3 Å². The van der Waals surface area contributed by atoms with Crippen LogP contribution in [0.15, 0.2) is 28.8 Å². The van der Waals surface area contributed by atoms with Crippen molar-refractivity contribution in [1.29, 1.82) is 0 Å². The molecule has 0 bridgehead atoms. The summed E-state index contributed by atoms with van der Waals surface area (Å²) in [5.41, 5.74) is 8.96. The van der Waals surface area contributed by atoms with Crippen molar-refractivity contribution in [2.45, 2.75) is 26.8 Å². The quantitative estimate of drug-likeness (QED) is 0.432. The molecule has 3 rings (SSSR count). The van der Waals surface area contributed by atoms with E-state index in [0.29, 0.717) is 36.1 Å². The van der Waals surface area contributed by atoms with Gasteiger partial charge in [0, 0.05) is 17.7 Å². The number of nitrogens with zero attached hydrogens (tertiary/aromatic N) is 5. The Kier molecular flexibility index (Phi) is 3.98. The molecule has 2 aromatic heterocycles. The SMILES string of the molecule is Cc1c(N)cccc1-c1noc(CCn2nc([N+](=O)[O-])cc2C)n1. The lowest BCUT2D eigenvalue weighted by atomic mass is 10.1. The highest BCUT2D eigenvalue weighted by Gasteiger charge is 2.17. The lowest BCUT2D eigenvalue weighted by Gasteiger charge is -2.03. The third-order valence-corrected chi connectivity index (χ3v) is 3.78. The van der Waals surface area contributed by atoms with Crippen LogP contribution in [-0.4, -0.2) is 24.8 Å². The van der Waals surface area contributed by atoms with Gasteiger partial charge in [0.15, 0.2) is 0 Å². The van der Waals surface area contributed by atoms with Crippen LogP contribution in [0.1, 0.15) is 17.1 Å². The van der Waals surface area contributed by atoms with Crippen molar-refractivity contribution in [3.05, 3.63) is 51.5 Å². The number of aromatic nitrogens is 4. The van der Waals surface area contributed by atoms with E-state index in [2.05, 4.69) is 15.2 Å². The summed E-state index contributed by atoms with van der Waals surface area (Å²) in [5, 5.41) is 18.6. The zero-order chi connectivity index (χ0) is 17.3. The maximum Gasteiger partial charge on any atom is 0.390 e. The first-order chi connectivity index (χ1) is 11.5. The first-order valence-corrected chi connectivity index (χ1v) is 7.32. The van der Waals surface area contributed by atoms with Crippen LogP contribution in [-0.2, 0) is 13.0 Å². The summed E-state index contributed by atoms with van der Waals surface area (Å²) in [5.74, 6) is 0.733. The van der Waals surface area contributed by atoms with Gasteiger partial charge in [-0.25, -0.2) is 0 Å². The van der Waals surface area contributed by atoms with E-state index >= 15 is 0 Å². The zero-order valence-electron chi connectivity index (χ0n) is 13.3. The van der Waals surface area contributed by atoms with Gasteiger partial charge >= 0.3 is 5.82 Å². The molecule has 0 saturated heterocycles. The van der Waals surface area contributed by atoms with Crippen molar-refractivity contribution in [2.75, 3.05) is 5.73 Å². The van der Waals surface area contributed by atoms with Crippen LogP contribution in [0.2, 0.25) is 0 Å². The molecule has 0 aliphatic heterocycles. The molecule has 0 fully saturated rings. The highest BCUT2D eigenvalue weighted by molar-refractivity contribution is 5.67. The van der Waals surface area contributed by atoms with Gasteiger partial charge in [0.05, 0.1) is 23.4 Å². The minimum atomic E-state index is -0.517. The summed E-state index contributed by atoms with van der Waals surface area (Å²) in [4.78, 5) is 14.6. The number of nitro groups is 1. The van der Waals surface area contributed by atoms with Gasteiger partial charge in [0.25, 0.3) is 0 Å². The van der Waals surface area contributed by atoms with Crippen molar-refractivity contribution in [1.82, 2.24) is 19.9 Å². The summed E-state index contributed by atoms with van der Waals surface area (Å²) < 4.78 is 6.80. The molecule has 2 heterocycles. The van der Waals surface area contributed by atoms with Gasteiger partial charge in [-0.1, -0.05) is 17.3 Å². The van der Waals surface area contributed by atoms with E-state index in [1.54, 1.807) is 11.6 Å². The summed E-state index contributed by atoms with van der Waals surface area (Å²) in [6.45, 7) is 4.07. The highest BCUT2D eigenvalue weighted by atomic mass is 16.6. The van der Waals surface area contributed by atoms with Gasteiger partial charge in [0.2, 0.25) is 11.7 Å². The summed E-state index contributed by atoms with van der Waals surface area (Å²) in [7, 11) is 0. The molecule has 0 aliphatic carbocycles. The largest absolute Gasteiger partial charge is 0.398 e. The molecular weight excluding hydrogens is 312 g/mol. The minimum absolute atomic E-state index is 0.172. The van der Waals surface area contributed by atoms with E-state index in [-0.39, 0.29) is 5.82 Å². The van der Waals surface area contributed by atoms with E-state index in [9.17, 15) is 10.1 Å². The molecule has 0 atom stereocenters. The second kappa shape index (κ2) is 6.11. The molecule has 0 radical (unpaired) electrons. The Morgan fingerprint density at radius 1 is 1.38 bits per heavy atom. The monoisotopic (exact) mass is 328 g/mol. The van der Waals surface area contributed by atoms with Crippen molar-refractivity contribution >= 4 is 11.5 Å². The Bertz CT molecular complexity index is 899. The molecule has 3 aromatic rings. The molecule has 24 heavy (non-hydrogen) atoms. The lowest BCUT2D eigenvalue weighted by Crippen LogP contribution is -2.05. The molecule has 124 valence electrons. The van der Waals surface area contributed by atoms with Crippen molar-refractivity contribution < 1.29 is 9.45 Å². The van der Waals surface area contributed by atoms with Gasteiger partial charge in [-0.15, -0.1) is 0 Å². The van der Waals surface area contributed by atoms with Crippen LogP contribution in [0, 0.1) is 24.0 Å². The topological polar surface area (TPSA) is 126 Å². The van der Waals surface area contributed by atoms with Crippen LogP contribution in [0.25, 0.3) is 11.4 Å². The fourth-order valence-electron chi connectivity index (χ4n) is 2.37. The molecular formula is C15H16N6O3. The van der Waals surface area contributed by atoms with E-state index < -0.39 is 4.92 Å².